The molecule has 5 rings (SSSR count). The minimum atomic E-state index is -5.08. The van der Waals surface area contributed by atoms with E-state index < -0.39 is 12.1 Å². The molecule has 3 aromatic rings. The summed E-state index contributed by atoms with van der Waals surface area (Å²) in [6, 6.07) is 11.2. The maximum absolute atomic E-state index is 14.0. The molecule has 36 heavy (non-hydrogen) atoms. The molecule has 8 nitrogen and oxygen atoms in total. The molecule has 1 N–H and O–H groups in total. The molecule has 0 amide bonds. The van der Waals surface area contributed by atoms with Crippen LogP contribution in [0, 0.1) is 5.82 Å². The summed E-state index contributed by atoms with van der Waals surface area (Å²) in [4.78, 5) is 18.3. The van der Waals surface area contributed by atoms with Crippen molar-refractivity contribution in [3.8, 4) is 0 Å². The van der Waals surface area contributed by atoms with Crippen LogP contribution in [-0.4, -0.2) is 76.1 Å². The zero-order valence-corrected chi connectivity index (χ0v) is 19.5. The second-order valence-corrected chi connectivity index (χ2v) is 8.73. The minimum absolute atomic E-state index is 0.129. The number of ether oxygens (including phenoxy) is 1. The second kappa shape index (κ2) is 11.2. The van der Waals surface area contributed by atoms with Gasteiger partial charge in [0.15, 0.2) is 11.5 Å². The Bertz CT molecular complexity index is 1180. The van der Waals surface area contributed by atoms with E-state index in [1.807, 2.05) is 22.7 Å². The fourth-order valence-corrected chi connectivity index (χ4v) is 4.35. The van der Waals surface area contributed by atoms with Crippen molar-refractivity contribution in [2.24, 2.45) is 0 Å². The Morgan fingerprint density at radius 2 is 1.83 bits per heavy atom. The molecule has 194 valence electrons. The number of aliphatic carboxylic acids is 1. The van der Waals surface area contributed by atoms with Gasteiger partial charge in [0, 0.05) is 37.7 Å². The van der Waals surface area contributed by atoms with Gasteiger partial charge in [0.05, 0.1) is 25.1 Å². The van der Waals surface area contributed by atoms with Crippen LogP contribution in [0.15, 0.2) is 42.6 Å². The summed E-state index contributed by atoms with van der Waals surface area (Å²) in [5.41, 5.74) is 2.79. The number of carbonyl (C=O) groups is 1. The third-order valence-electron chi connectivity index (χ3n) is 6.17. The lowest BCUT2D eigenvalue weighted by molar-refractivity contribution is -0.192. The fourth-order valence-electron chi connectivity index (χ4n) is 4.35. The molecule has 2 aliphatic heterocycles. The molecule has 0 saturated carbocycles. The van der Waals surface area contributed by atoms with E-state index in [0.717, 1.165) is 75.0 Å². The molecule has 0 radical (unpaired) electrons. The summed E-state index contributed by atoms with van der Waals surface area (Å²) in [6.07, 6.45) is -0.869. The second-order valence-electron chi connectivity index (χ2n) is 8.73. The first kappa shape index (κ1) is 25.8. The van der Waals surface area contributed by atoms with Gasteiger partial charge < -0.3 is 14.7 Å². The summed E-state index contributed by atoms with van der Waals surface area (Å²) < 4.78 is 53.1. The number of likely N-dealkylation sites (tertiary alicyclic amines) is 1. The van der Waals surface area contributed by atoms with E-state index in [-0.39, 0.29) is 11.7 Å². The van der Waals surface area contributed by atoms with Crippen LogP contribution in [0.5, 0.6) is 0 Å². The summed E-state index contributed by atoms with van der Waals surface area (Å²) in [5.74, 6) is -1.71. The monoisotopic (exact) mass is 509 g/mol. The van der Waals surface area contributed by atoms with E-state index in [9.17, 15) is 17.6 Å². The Kier molecular flexibility index (Phi) is 8.04. The number of carboxylic acids is 1. The Morgan fingerprint density at radius 3 is 2.53 bits per heavy atom. The largest absolute Gasteiger partial charge is 0.490 e. The van der Waals surface area contributed by atoms with Crippen LogP contribution < -0.4 is 4.90 Å². The van der Waals surface area contributed by atoms with Crippen LogP contribution in [0.2, 0.25) is 0 Å². The molecule has 2 aromatic heterocycles. The number of halogens is 4. The van der Waals surface area contributed by atoms with Gasteiger partial charge in [0.1, 0.15) is 5.82 Å². The van der Waals surface area contributed by atoms with Gasteiger partial charge in [-0.3, -0.25) is 4.90 Å². The standard InChI is InChI=1S/C22H26FN5O.C2HF3O2/c23-20-6-2-1-4-17(20)14-26-9-3-5-18(15-26)22-24-21-8-7-19(16-28(21)25-22)27-10-12-29-13-11-27;3-2(4,5)1(6)7/h1-2,4,6-8,16,18H,3,5,9-15H2;(H,6,7). The molecule has 1 atom stereocenters. The lowest BCUT2D eigenvalue weighted by Crippen LogP contribution is -2.36. The Balaban J connectivity index is 0.000000384. The maximum Gasteiger partial charge on any atom is 0.490 e. The SMILES string of the molecule is Fc1ccccc1CN1CCCC(c2nc3ccc(N4CCOCC4)cn3n2)C1.O=C(O)C(F)(F)F. The van der Waals surface area contributed by atoms with Crippen molar-refractivity contribution in [2.45, 2.75) is 31.5 Å². The number of nitrogens with zero attached hydrogens (tertiary/aromatic N) is 5. The Hall–Kier alpha value is -3.25. The van der Waals surface area contributed by atoms with Crippen molar-refractivity contribution in [2.75, 3.05) is 44.3 Å². The number of hydrogen-bond donors (Lipinski definition) is 1. The highest BCUT2D eigenvalue weighted by Crippen LogP contribution is 2.27. The van der Waals surface area contributed by atoms with Crippen molar-refractivity contribution < 1.29 is 32.2 Å². The topological polar surface area (TPSA) is 83.2 Å². The van der Waals surface area contributed by atoms with Gasteiger partial charge >= 0.3 is 12.1 Å². The van der Waals surface area contributed by atoms with E-state index in [4.69, 9.17) is 24.7 Å². The molecule has 4 heterocycles. The van der Waals surface area contributed by atoms with Gasteiger partial charge in [0.2, 0.25) is 0 Å². The van der Waals surface area contributed by atoms with E-state index >= 15 is 0 Å². The lowest BCUT2D eigenvalue weighted by Gasteiger charge is -2.31. The third-order valence-corrected chi connectivity index (χ3v) is 6.17. The average molecular weight is 510 g/mol. The predicted molar refractivity (Wildman–Crippen MR) is 123 cm³/mol. The van der Waals surface area contributed by atoms with Crippen LogP contribution in [0.25, 0.3) is 5.65 Å². The zero-order chi connectivity index (χ0) is 25.7. The predicted octanol–water partition coefficient (Wildman–Crippen LogP) is 3.72. The van der Waals surface area contributed by atoms with E-state index in [1.54, 1.807) is 6.07 Å². The number of benzene rings is 1. The van der Waals surface area contributed by atoms with Crippen molar-refractivity contribution in [3.05, 3.63) is 59.8 Å². The summed E-state index contributed by atoms with van der Waals surface area (Å²) in [6.45, 7) is 5.82. The first-order valence-electron chi connectivity index (χ1n) is 11.7. The number of pyridine rings is 1. The van der Waals surface area contributed by atoms with Crippen molar-refractivity contribution in [1.29, 1.82) is 0 Å². The zero-order valence-electron chi connectivity index (χ0n) is 19.5. The van der Waals surface area contributed by atoms with E-state index in [2.05, 4.69) is 22.1 Å². The number of morpholine rings is 1. The molecule has 0 spiro atoms. The molecular formula is C24H27F4N5O3. The number of hydrogen-bond acceptors (Lipinski definition) is 6. The molecule has 1 aromatic carbocycles. The number of piperidine rings is 1. The smallest absolute Gasteiger partial charge is 0.475 e. The summed E-state index contributed by atoms with van der Waals surface area (Å²) in [5, 5.41) is 11.9. The lowest BCUT2D eigenvalue weighted by atomic mass is 9.97. The highest BCUT2D eigenvalue weighted by atomic mass is 19.4. The van der Waals surface area contributed by atoms with Gasteiger partial charge in [-0.2, -0.15) is 18.3 Å². The van der Waals surface area contributed by atoms with Gasteiger partial charge in [0.25, 0.3) is 0 Å². The molecule has 0 bridgehead atoms. The molecule has 0 aliphatic carbocycles. The van der Waals surface area contributed by atoms with Crippen LogP contribution in [0.1, 0.15) is 30.1 Å². The number of fused-ring (bicyclic) bond motifs is 1. The maximum atomic E-state index is 14.0. The quantitative estimate of drug-likeness (QED) is 0.537. The number of aromatic nitrogens is 3. The first-order valence-corrected chi connectivity index (χ1v) is 11.7. The van der Waals surface area contributed by atoms with Gasteiger partial charge in [-0.25, -0.2) is 18.7 Å². The Labute approximate surface area is 205 Å². The Morgan fingerprint density at radius 1 is 1.11 bits per heavy atom. The highest BCUT2D eigenvalue weighted by molar-refractivity contribution is 5.73. The molecule has 1 unspecified atom stereocenters. The van der Waals surface area contributed by atoms with Crippen LogP contribution in [-0.2, 0) is 16.1 Å². The van der Waals surface area contributed by atoms with Crippen LogP contribution in [0.3, 0.4) is 0 Å². The highest BCUT2D eigenvalue weighted by Gasteiger charge is 2.38. The summed E-state index contributed by atoms with van der Waals surface area (Å²) in [7, 11) is 0. The minimum Gasteiger partial charge on any atom is -0.475 e. The third kappa shape index (κ3) is 6.49. The van der Waals surface area contributed by atoms with Crippen molar-refractivity contribution in [1.82, 2.24) is 19.5 Å². The fraction of sp³-hybridized carbons (Fsp3) is 0.458. The summed E-state index contributed by atoms with van der Waals surface area (Å²) >= 11 is 0. The number of anilines is 1. The van der Waals surface area contributed by atoms with Gasteiger partial charge in [-0.15, -0.1) is 0 Å². The molecule has 2 aliphatic rings. The normalized spacial score (nSPS) is 19.1. The molecule has 2 fully saturated rings. The molecular weight excluding hydrogens is 482 g/mol. The number of alkyl halides is 3. The molecule has 2 saturated heterocycles. The first-order chi connectivity index (χ1) is 17.2. The van der Waals surface area contributed by atoms with Crippen LogP contribution >= 0.6 is 0 Å². The average Bonchev–Trinajstić information content (AvgIpc) is 3.30. The van der Waals surface area contributed by atoms with Gasteiger partial charge in [-0.1, -0.05) is 18.2 Å². The van der Waals surface area contributed by atoms with Crippen LogP contribution in [0.4, 0.5) is 23.2 Å². The van der Waals surface area contributed by atoms with Crippen molar-refractivity contribution in [3.63, 3.8) is 0 Å². The van der Waals surface area contributed by atoms with Crippen molar-refractivity contribution >= 4 is 17.3 Å². The number of carboxylic acid groups (broad SMARTS) is 1. The van der Waals surface area contributed by atoms with E-state index in [0.29, 0.717) is 6.54 Å². The van der Waals surface area contributed by atoms with E-state index in [1.165, 1.54) is 6.07 Å². The van der Waals surface area contributed by atoms with Gasteiger partial charge in [-0.05, 0) is 37.6 Å². The molecule has 12 heteroatoms. The number of rotatable bonds is 4.